The van der Waals surface area contributed by atoms with E-state index in [1.807, 2.05) is 36.4 Å². The SMILES string of the molecule is CCCCC(C(=O)O)c1cccc2ccc(OC)cc12. The summed E-state index contributed by atoms with van der Waals surface area (Å²) in [7, 11) is 1.62. The summed E-state index contributed by atoms with van der Waals surface area (Å²) in [6.07, 6.45) is 2.58. The lowest BCUT2D eigenvalue weighted by Crippen LogP contribution is -2.12. The van der Waals surface area contributed by atoms with Gasteiger partial charge in [0.15, 0.2) is 0 Å². The summed E-state index contributed by atoms with van der Waals surface area (Å²) in [4.78, 5) is 11.6. The Morgan fingerprint density at radius 2 is 2.10 bits per heavy atom. The number of carboxylic acids is 1. The van der Waals surface area contributed by atoms with Crippen LogP contribution in [0.2, 0.25) is 0 Å². The third kappa shape index (κ3) is 2.93. The molecule has 1 atom stereocenters. The Kier molecular flexibility index (Phi) is 4.61. The molecule has 1 N–H and O–H groups in total. The Hall–Kier alpha value is -2.03. The Balaban J connectivity index is 2.52. The molecule has 0 fully saturated rings. The molecule has 0 aliphatic rings. The number of fused-ring (bicyclic) bond motifs is 1. The van der Waals surface area contributed by atoms with Gasteiger partial charge in [-0.15, -0.1) is 0 Å². The van der Waals surface area contributed by atoms with Crippen molar-refractivity contribution < 1.29 is 14.6 Å². The molecule has 2 aromatic rings. The molecule has 0 aromatic heterocycles. The fourth-order valence-corrected chi connectivity index (χ4v) is 2.53. The van der Waals surface area contributed by atoms with E-state index in [-0.39, 0.29) is 0 Å². The first kappa shape index (κ1) is 14.4. The molecule has 0 saturated carbocycles. The van der Waals surface area contributed by atoms with Crippen LogP contribution in [0.25, 0.3) is 10.8 Å². The topological polar surface area (TPSA) is 46.5 Å². The molecule has 0 amide bonds. The first-order chi connectivity index (χ1) is 9.67. The highest BCUT2D eigenvalue weighted by Crippen LogP contribution is 2.31. The van der Waals surface area contributed by atoms with Crippen molar-refractivity contribution in [2.75, 3.05) is 7.11 Å². The van der Waals surface area contributed by atoms with Crippen LogP contribution in [0.4, 0.5) is 0 Å². The number of carbonyl (C=O) groups is 1. The molecule has 0 spiro atoms. The van der Waals surface area contributed by atoms with Crippen molar-refractivity contribution in [1.29, 1.82) is 0 Å². The molecule has 0 bridgehead atoms. The number of carboxylic acid groups (broad SMARTS) is 1. The van der Waals surface area contributed by atoms with Crippen molar-refractivity contribution in [3.63, 3.8) is 0 Å². The van der Waals surface area contributed by atoms with Gasteiger partial charge >= 0.3 is 5.97 Å². The van der Waals surface area contributed by atoms with E-state index in [9.17, 15) is 9.90 Å². The largest absolute Gasteiger partial charge is 0.497 e. The Morgan fingerprint density at radius 3 is 2.75 bits per heavy atom. The zero-order chi connectivity index (χ0) is 14.5. The number of rotatable bonds is 6. The van der Waals surface area contributed by atoms with Gasteiger partial charge in [0, 0.05) is 0 Å². The highest BCUT2D eigenvalue weighted by Gasteiger charge is 2.21. The van der Waals surface area contributed by atoms with E-state index in [4.69, 9.17) is 4.74 Å². The predicted octanol–water partition coefficient (Wildman–Crippen LogP) is 4.21. The minimum Gasteiger partial charge on any atom is -0.497 e. The Bertz CT molecular complexity index is 604. The fraction of sp³-hybridized carbons (Fsp3) is 0.353. The van der Waals surface area contributed by atoms with Gasteiger partial charge in [-0.25, -0.2) is 0 Å². The number of ether oxygens (including phenoxy) is 1. The van der Waals surface area contributed by atoms with Gasteiger partial charge < -0.3 is 9.84 Å². The van der Waals surface area contributed by atoms with Crippen LogP contribution >= 0.6 is 0 Å². The van der Waals surface area contributed by atoms with Crippen LogP contribution in [0, 0.1) is 0 Å². The molecule has 20 heavy (non-hydrogen) atoms. The van der Waals surface area contributed by atoms with Crippen LogP contribution in [-0.2, 0) is 4.79 Å². The minimum atomic E-state index is -0.756. The van der Waals surface area contributed by atoms with E-state index >= 15 is 0 Å². The maximum atomic E-state index is 11.6. The standard InChI is InChI=1S/C17H20O3/c1-3-4-7-15(17(18)19)14-8-5-6-12-9-10-13(20-2)11-16(12)14/h5-6,8-11,15H,3-4,7H2,1-2H3,(H,18,19). The van der Waals surface area contributed by atoms with Crippen molar-refractivity contribution >= 4 is 16.7 Å². The van der Waals surface area contributed by atoms with Crippen LogP contribution in [0.15, 0.2) is 36.4 Å². The van der Waals surface area contributed by atoms with Crippen molar-refractivity contribution in [1.82, 2.24) is 0 Å². The first-order valence-corrected chi connectivity index (χ1v) is 6.96. The van der Waals surface area contributed by atoms with Gasteiger partial charge in [-0.1, -0.05) is 44.0 Å². The predicted molar refractivity (Wildman–Crippen MR) is 80.4 cm³/mol. The van der Waals surface area contributed by atoms with Gasteiger partial charge in [0.2, 0.25) is 0 Å². The van der Waals surface area contributed by atoms with Crippen LogP contribution < -0.4 is 4.74 Å². The second-order valence-electron chi connectivity index (χ2n) is 4.97. The summed E-state index contributed by atoms with van der Waals surface area (Å²) < 4.78 is 5.25. The summed E-state index contributed by atoms with van der Waals surface area (Å²) in [5.41, 5.74) is 0.877. The molecule has 2 rings (SSSR count). The zero-order valence-electron chi connectivity index (χ0n) is 11.9. The van der Waals surface area contributed by atoms with Gasteiger partial charge in [-0.3, -0.25) is 4.79 Å². The average molecular weight is 272 g/mol. The van der Waals surface area contributed by atoms with E-state index in [0.717, 1.165) is 34.9 Å². The van der Waals surface area contributed by atoms with Gasteiger partial charge in [0.05, 0.1) is 13.0 Å². The van der Waals surface area contributed by atoms with Gasteiger partial charge in [-0.05, 0) is 34.9 Å². The molecule has 106 valence electrons. The Morgan fingerprint density at radius 1 is 1.30 bits per heavy atom. The van der Waals surface area contributed by atoms with Gasteiger partial charge in [0.1, 0.15) is 5.75 Å². The summed E-state index contributed by atoms with van der Waals surface area (Å²) in [5.74, 6) is -0.455. The Labute approximate surface area is 119 Å². The number of aliphatic carboxylic acids is 1. The second-order valence-corrected chi connectivity index (χ2v) is 4.97. The summed E-state index contributed by atoms with van der Waals surface area (Å²) >= 11 is 0. The molecule has 2 aromatic carbocycles. The van der Waals surface area contributed by atoms with E-state index < -0.39 is 11.9 Å². The molecule has 0 aliphatic carbocycles. The van der Waals surface area contributed by atoms with Crippen molar-refractivity contribution in [3.8, 4) is 5.75 Å². The molecule has 1 unspecified atom stereocenters. The third-order valence-corrected chi connectivity index (χ3v) is 3.64. The van der Waals surface area contributed by atoms with Gasteiger partial charge in [-0.2, -0.15) is 0 Å². The lowest BCUT2D eigenvalue weighted by Gasteiger charge is -2.15. The molecule has 0 saturated heterocycles. The maximum Gasteiger partial charge on any atom is 0.310 e. The van der Waals surface area contributed by atoms with E-state index in [1.165, 1.54) is 0 Å². The van der Waals surface area contributed by atoms with Crippen LogP contribution in [0.3, 0.4) is 0 Å². The lowest BCUT2D eigenvalue weighted by atomic mass is 9.89. The number of hydrogen-bond donors (Lipinski definition) is 1. The molecule has 0 heterocycles. The highest BCUT2D eigenvalue weighted by atomic mass is 16.5. The average Bonchev–Trinajstić information content (AvgIpc) is 2.47. The molecule has 3 heteroatoms. The maximum absolute atomic E-state index is 11.6. The highest BCUT2D eigenvalue weighted by molar-refractivity contribution is 5.91. The van der Waals surface area contributed by atoms with Crippen LogP contribution in [0.1, 0.15) is 37.7 Å². The number of methoxy groups -OCH3 is 1. The lowest BCUT2D eigenvalue weighted by molar-refractivity contribution is -0.139. The normalized spacial score (nSPS) is 12.3. The van der Waals surface area contributed by atoms with E-state index in [1.54, 1.807) is 7.11 Å². The minimum absolute atomic E-state index is 0.453. The molecule has 0 radical (unpaired) electrons. The smallest absolute Gasteiger partial charge is 0.310 e. The fourth-order valence-electron chi connectivity index (χ4n) is 2.53. The van der Waals surface area contributed by atoms with Crippen LogP contribution in [0.5, 0.6) is 5.75 Å². The first-order valence-electron chi connectivity index (χ1n) is 6.96. The summed E-state index contributed by atoms with van der Waals surface area (Å²) in [5, 5.41) is 11.5. The van der Waals surface area contributed by atoms with Crippen molar-refractivity contribution in [2.24, 2.45) is 0 Å². The van der Waals surface area contributed by atoms with Crippen molar-refractivity contribution in [2.45, 2.75) is 32.1 Å². The molecular formula is C17H20O3. The van der Waals surface area contributed by atoms with Gasteiger partial charge in [0.25, 0.3) is 0 Å². The monoisotopic (exact) mass is 272 g/mol. The second kappa shape index (κ2) is 6.42. The number of benzene rings is 2. The number of unbranched alkanes of at least 4 members (excludes halogenated alkanes) is 1. The molecular weight excluding hydrogens is 252 g/mol. The number of hydrogen-bond acceptors (Lipinski definition) is 2. The quantitative estimate of drug-likeness (QED) is 0.857. The van der Waals surface area contributed by atoms with E-state index in [0.29, 0.717) is 6.42 Å². The summed E-state index contributed by atoms with van der Waals surface area (Å²) in [6.45, 7) is 2.07. The van der Waals surface area contributed by atoms with E-state index in [2.05, 4.69) is 6.92 Å². The molecule has 3 nitrogen and oxygen atoms in total. The summed E-state index contributed by atoms with van der Waals surface area (Å²) in [6, 6.07) is 11.6. The third-order valence-electron chi connectivity index (χ3n) is 3.64. The van der Waals surface area contributed by atoms with Crippen molar-refractivity contribution in [3.05, 3.63) is 42.0 Å². The van der Waals surface area contributed by atoms with Crippen LogP contribution in [-0.4, -0.2) is 18.2 Å². The molecule has 0 aliphatic heterocycles. The zero-order valence-corrected chi connectivity index (χ0v) is 11.9.